The predicted octanol–water partition coefficient (Wildman–Crippen LogP) is 1.38. The number of hydrogen-bond acceptors (Lipinski definition) is 3. The van der Waals surface area contributed by atoms with E-state index in [4.69, 9.17) is 5.11 Å². The molecule has 0 fully saturated rings. The van der Waals surface area contributed by atoms with Crippen molar-refractivity contribution in [2.75, 3.05) is 13.2 Å². The molecule has 0 aliphatic rings. The Morgan fingerprint density at radius 2 is 2.06 bits per heavy atom. The van der Waals surface area contributed by atoms with E-state index < -0.39 is 0 Å². The van der Waals surface area contributed by atoms with Crippen LogP contribution < -0.4 is 5.32 Å². The standard InChI is InChI=1S/C12H23N3O/c1-4-13-9-12-10(2)14-15(11(12)3)7-5-6-8-16/h13,16H,4-9H2,1-3H3. The molecule has 16 heavy (non-hydrogen) atoms. The van der Waals surface area contributed by atoms with Gasteiger partial charge in [-0.1, -0.05) is 6.92 Å². The second-order valence-corrected chi connectivity index (χ2v) is 4.08. The predicted molar refractivity (Wildman–Crippen MR) is 65.4 cm³/mol. The van der Waals surface area contributed by atoms with Gasteiger partial charge in [-0.2, -0.15) is 5.10 Å². The normalized spacial score (nSPS) is 11.0. The highest BCUT2D eigenvalue weighted by molar-refractivity contribution is 5.24. The molecule has 1 aromatic rings. The number of rotatable bonds is 7. The number of unbranched alkanes of at least 4 members (excludes halogenated alkanes) is 1. The summed E-state index contributed by atoms with van der Waals surface area (Å²) < 4.78 is 2.05. The van der Waals surface area contributed by atoms with Crippen molar-refractivity contribution in [3.63, 3.8) is 0 Å². The van der Waals surface area contributed by atoms with Crippen molar-refractivity contribution in [1.29, 1.82) is 0 Å². The minimum Gasteiger partial charge on any atom is -0.396 e. The minimum atomic E-state index is 0.267. The van der Waals surface area contributed by atoms with Gasteiger partial charge in [0.05, 0.1) is 5.69 Å². The molecule has 0 unspecified atom stereocenters. The first-order valence-electron chi connectivity index (χ1n) is 6.05. The number of aryl methyl sites for hydroxylation is 2. The summed E-state index contributed by atoms with van der Waals surface area (Å²) in [6.07, 6.45) is 1.83. The summed E-state index contributed by atoms with van der Waals surface area (Å²) >= 11 is 0. The van der Waals surface area contributed by atoms with Crippen LogP contribution in [0.3, 0.4) is 0 Å². The topological polar surface area (TPSA) is 50.1 Å². The first-order chi connectivity index (χ1) is 7.70. The molecule has 92 valence electrons. The van der Waals surface area contributed by atoms with Crippen LogP contribution in [0.1, 0.15) is 36.7 Å². The van der Waals surface area contributed by atoms with Crippen molar-refractivity contribution in [3.8, 4) is 0 Å². The van der Waals surface area contributed by atoms with Crippen molar-refractivity contribution < 1.29 is 5.11 Å². The molecule has 1 aromatic heterocycles. The van der Waals surface area contributed by atoms with Crippen LogP contribution in [-0.4, -0.2) is 28.0 Å². The molecule has 0 amide bonds. The number of aliphatic hydroxyl groups is 1. The molecule has 4 nitrogen and oxygen atoms in total. The van der Waals surface area contributed by atoms with Gasteiger partial charge in [0.1, 0.15) is 0 Å². The molecule has 0 aromatic carbocycles. The Balaban J connectivity index is 2.64. The quantitative estimate of drug-likeness (QED) is 0.689. The molecule has 0 atom stereocenters. The lowest BCUT2D eigenvalue weighted by molar-refractivity contribution is 0.280. The van der Waals surface area contributed by atoms with Gasteiger partial charge in [0.15, 0.2) is 0 Å². The smallest absolute Gasteiger partial charge is 0.0641 e. The first kappa shape index (κ1) is 13.2. The second-order valence-electron chi connectivity index (χ2n) is 4.08. The van der Waals surface area contributed by atoms with E-state index in [1.54, 1.807) is 0 Å². The monoisotopic (exact) mass is 225 g/mol. The Kier molecular flexibility index (Phi) is 5.49. The Morgan fingerprint density at radius 1 is 1.31 bits per heavy atom. The fourth-order valence-electron chi connectivity index (χ4n) is 1.83. The molecule has 0 saturated heterocycles. The molecule has 0 aliphatic heterocycles. The number of aliphatic hydroxyl groups excluding tert-OH is 1. The molecule has 1 heterocycles. The van der Waals surface area contributed by atoms with E-state index in [-0.39, 0.29) is 6.61 Å². The molecule has 0 aliphatic carbocycles. The summed E-state index contributed by atoms with van der Waals surface area (Å²) in [6.45, 7) is 9.33. The third-order valence-electron chi connectivity index (χ3n) is 2.86. The average molecular weight is 225 g/mol. The second kappa shape index (κ2) is 6.66. The van der Waals surface area contributed by atoms with Crippen molar-refractivity contribution in [2.45, 2.75) is 46.7 Å². The fraction of sp³-hybridized carbons (Fsp3) is 0.750. The van der Waals surface area contributed by atoms with Gasteiger partial charge in [-0.3, -0.25) is 4.68 Å². The average Bonchev–Trinajstić information content (AvgIpc) is 2.53. The number of nitrogens with zero attached hydrogens (tertiary/aromatic N) is 2. The SMILES string of the molecule is CCNCc1c(C)nn(CCCCO)c1C. The first-order valence-corrected chi connectivity index (χ1v) is 6.05. The summed E-state index contributed by atoms with van der Waals surface area (Å²) in [6, 6.07) is 0. The van der Waals surface area contributed by atoms with Crippen LogP contribution in [0.2, 0.25) is 0 Å². The summed E-state index contributed by atoms with van der Waals surface area (Å²) in [4.78, 5) is 0. The fourth-order valence-corrected chi connectivity index (χ4v) is 1.83. The van der Waals surface area contributed by atoms with Crippen molar-refractivity contribution in [2.24, 2.45) is 0 Å². The lowest BCUT2D eigenvalue weighted by Crippen LogP contribution is -2.13. The van der Waals surface area contributed by atoms with E-state index in [9.17, 15) is 0 Å². The van der Waals surface area contributed by atoms with Crippen molar-refractivity contribution in [3.05, 3.63) is 17.0 Å². The van der Waals surface area contributed by atoms with E-state index in [1.807, 2.05) is 0 Å². The lowest BCUT2D eigenvalue weighted by atomic mass is 10.2. The van der Waals surface area contributed by atoms with Crippen LogP contribution in [0.15, 0.2) is 0 Å². The molecular weight excluding hydrogens is 202 g/mol. The van der Waals surface area contributed by atoms with Gasteiger partial charge < -0.3 is 10.4 Å². The number of hydrogen-bond donors (Lipinski definition) is 2. The molecule has 0 radical (unpaired) electrons. The van der Waals surface area contributed by atoms with Crippen LogP contribution in [0.4, 0.5) is 0 Å². The third kappa shape index (κ3) is 3.32. The maximum absolute atomic E-state index is 8.75. The van der Waals surface area contributed by atoms with Crippen LogP contribution in [0, 0.1) is 13.8 Å². The maximum atomic E-state index is 8.75. The van der Waals surface area contributed by atoms with Crippen LogP contribution in [0.5, 0.6) is 0 Å². The summed E-state index contributed by atoms with van der Waals surface area (Å²) in [7, 11) is 0. The summed E-state index contributed by atoms with van der Waals surface area (Å²) in [5, 5.41) is 16.6. The number of aromatic nitrogens is 2. The Bertz CT molecular complexity index is 320. The molecule has 1 rings (SSSR count). The van der Waals surface area contributed by atoms with Gasteiger partial charge >= 0.3 is 0 Å². The zero-order chi connectivity index (χ0) is 12.0. The highest BCUT2D eigenvalue weighted by Gasteiger charge is 2.10. The van der Waals surface area contributed by atoms with Gasteiger partial charge in [-0.15, -0.1) is 0 Å². The molecule has 0 saturated carbocycles. The van der Waals surface area contributed by atoms with E-state index in [2.05, 4.69) is 35.9 Å². The van der Waals surface area contributed by atoms with Crippen LogP contribution >= 0.6 is 0 Å². The van der Waals surface area contributed by atoms with E-state index in [0.29, 0.717) is 0 Å². The van der Waals surface area contributed by atoms with Gasteiger partial charge in [0, 0.05) is 31.0 Å². The molecule has 0 bridgehead atoms. The van der Waals surface area contributed by atoms with E-state index in [0.717, 1.165) is 38.2 Å². The summed E-state index contributed by atoms with van der Waals surface area (Å²) in [5.41, 5.74) is 3.67. The van der Waals surface area contributed by atoms with E-state index >= 15 is 0 Å². The van der Waals surface area contributed by atoms with Crippen molar-refractivity contribution >= 4 is 0 Å². The number of nitrogens with one attached hydrogen (secondary N) is 1. The molecule has 4 heteroatoms. The summed E-state index contributed by atoms with van der Waals surface area (Å²) in [5.74, 6) is 0. The Morgan fingerprint density at radius 3 is 2.69 bits per heavy atom. The Hall–Kier alpha value is -0.870. The van der Waals surface area contributed by atoms with Gasteiger partial charge in [0.2, 0.25) is 0 Å². The minimum absolute atomic E-state index is 0.267. The molecular formula is C12H23N3O. The lowest BCUT2D eigenvalue weighted by Gasteiger charge is -2.05. The maximum Gasteiger partial charge on any atom is 0.0641 e. The van der Waals surface area contributed by atoms with Gasteiger partial charge in [0.25, 0.3) is 0 Å². The largest absolute Gasteiger partial charge is 0.396 e. The van der Waals surface area contributed by atoms with Crippen LogP contribution in [-0.2, 0) is 13.1 Å². The third-order valence-corrected chi connectivity index (χ3v) is 2.86. The van der Waals surface area contributed by atoms with Crippen molar-refractivity contribution in [1.82, 2.24) is 15.1 Å². The molecule has 2 N–H and O–H groups in total. The zero-order valence-corrected chi connectivity index (χ0v) is 10.6. The Labute approximate surface area is 97.7 Å². The zero-order valence-electron chi connectivity index (χ0n) is 10.6. The molecule has 0 spiro atoms. The van der Waals surface area contributed by atoms with Gasteiger partial charge in [-0.25, -0.2) is 0 Å². The highest BCUT2D eigenvalue weighted by atomic mass is 16.2. The van der Waals surface area contributed by atoms with Crippen LogP contribution in [0.25, 0.3) is 0 Å². The highest BCUT2D eigenvalue weighted by Crippen LogP contribution is 2.13. The van der Waals surface area contributed by atoms with E-state index in [1.165, 1.54) is 11.3 Å². The van der Waals surface area contributed by atoms with Gasteiger partial charge in [-0.05, 0) is 33.2 Å².